The van der Waals surface area contributed by atoms with Gasteiger partial charge in [-0.15, -0.1) is 11.3 Å². The SMILES string of the molecule is Cc1sccc1C1(N)CCCC(C)(C)CC1. The third-order valence-electron chi connectivity index (χ3n) is 4.12. The summed E-state index contributed by atoms with van der Waals surface area (Å²) in [7, 11) is 0. The molecule has 0 spiro atoms. The van der Waals surface area contributed by atoms with Crippen molar-refractivity contribution in [2.75, 3.05) is 0 Å². The Morgan fingerprint density at radius 1 is 1.19 bits per heavy atom. The fourth-order valence-corrected chi connectivity index (χ4v) is 3.67. The molecule has 2 N–H and O–H groups in total. The van der Waals surface area contributed by atoms with Crippen molar-refractivity contribution in [1.82, 2.24) is 0 Å². The summed E-state index contributed by atoms with van der Waals surface area (Å²) < 4.78 is 0. The summed E-state index contributed by atoms with van der Waals surface area (Å²) in [6, 6.07) is 2.23. The van der Waals surface area contributed by atoms with Gasteiger partial charge in [-0.05, 0) is 55.0 Å². The molecule has 1 aromatic rings. The zero-order chi connectivity index (χ0) is 11.8. The van der Waals surface area contributed by atoms with Crippen LogP contribution in [0, 0.1) is 12.3 Å². The van der Waals surface area contributed by atoms with Crippen LogP contribution in [0.25, 0.3) is 0 Å². The van der Waals surface area contributed by atoms with Crippen LogP contribution in [0.4, 0.5) is 0 Å². The van der Waals surface area contributed by atoms with Gasteiger partial charge in [-0.1, -0.05) is 20.3 Å². The smallest absolute Gasteiger partial charge is 0.0420 e. The first kappa shape index (κ1) is 12.1. The van der Waals surface area contributed by atoms with E-state index in [0.717, 1.165) is 12.8 Å². The molecule has 1 aliphatic rings. The van der Waals surface area contributed by atoms with Crippen molar-refractivity contribution in [3.05, 3.63) is 21.9 Å². The van der Waals surface area contributed by atoms with Crippen molar-refractivity contribution in [1.29, 1.82) is 0 Å². The molecule has 0 bridgehead atoms. The van der Waals surface area contributed by atoms with Crippen LogP contribution < -0.4 is 5.73 Å². The third-order valence-corrected chi connectivity index (χ3v) is 4.97. The van der Waals surface area contributed by atoms with E-state index >= 15 is 0 Å². The Bertz CT molecular complexity index is 367. The summed E-state index contributed by atoms with van der Waals surface area (Å²) >= 11 is 1.82. The van der Waals surface area contributed by atoms with Crippen molar-refractivity contribution in [3.63, 3.8) is 0 Å². The maximum atomic E-state index is 6.65. The number of hydrogen-bond donors (Lipinski definition) is 1. The van der Waals surface area contributed by atoms with Gasteiger partial charge in [-0.25, -0.2) is 0 Å². The van der Waals surface area contributed by atoms with Gasteiger partial charge in [0.2, 0.25) is 0 Å². The van der Waals surface area contributed by atoms with Gasteiger partial charge in [0.1, 0.15) is 0 Å². The number of rotatable bonds is 1. The molecule has 1 atom stereocenters. The Balaban J connectivity index is 2.23. The van der Waals surface area contributed by atoms with Crippen molar-refractivity contribution in [2.45, 2.75) is 58.4 Å². The molecule has 1 heterocycles. The van der Waals surface area contributed by atoms with Gasteiger partial charge < -0.3 is 5.73 Å². The standard InChI is InChI=1S/C14H23NS/c1-11-12(5-10-16-11)14(15)7-4-6-13(2,3)8-9-14/h5,10H,4,6-9,15H2,1-3H3. The molecule has 0 radical (unpaired) electrons. The van der Waals surface area contributed by atoms with Gasteiger partial charge in [0, 0.05) is 10.4 Å². The lowest BCUT2D eigenvalue weighted by Gasteiger charge is -2.29. The summed E-state index contributed by atoms with van der Waals surface area (Å²) in [5.41, 5.74) is 8.47. The summed E-state index contributed by atoms with van der Waals surface area (Å²) in [4.78, 5) is 1.40. The molecule has 90 valence electrons. The van der Waals surface area contributed by atoms with Gasteiger partial charge in [0.25, 0.3) is 0 Å². The highest BCUT2D eigenvalue weighted by Crippen LogP contribution is 2.42. The molecule has 2 rings (SSSR count). The molecule has 2 heteroatoms. The second-order valence-corrected chi connectivity index (χ2v) is 7.18. The van der Waals surface area contributed by atoms with Crippen LogP contribution in [0.1, 0.15) is 56.4 Å². The first-order valence-electron chi connectivity index (χ1n) is 6.26. The maximum absolute atomic E-state index is 6.65. The van der Waals surface area contributed by atoms with Crippen molar-refractivity contribution >= 4 is 11.3 Å². The fraction of sp³-hybridized carbons (Fsp3) is 0.714. The molecule has 1 aromatic heterocycles. The molecule has 0 aromatic carbocycles. The van der Waals surface area contributed by atoms with E-state index in [0.29, 0.717) is 5.41 Å². The Kier molecular flexibility index (Phi) is 3.15. The van der Waals surface area contributed by atoms with E-state index in [9.17, 15) is 0 Å². The molecule has 1 saturated carbocycles. The topological polar surface area (TPSA) is 26.0 Å². The molecule has 16 heavy (non-hydrogen) atoms. The molecule has 1 aliphatic carbocycles. The van der Waals surface area contributed by atoms with Crippen LogP contribution >= 0.6 is 11.3 Å². The molecule has 0 saturated heterocycles. The normalized spacial score (nSPS) is 30.0. The minimum atomic E-state index is -0.0577. The molecule has 0 aliphatic heterocycles. The Labute approximate surface area is 103 Å². The average Bonchev–Trinajstić information content (AvgIpc) is 2.56. The van der Waals surface area contributed by atoms with Gasteiger partial charge in [-0.2, -0.15) is 0 Å². The summed E-state index contributed by atoms with van der Waals surface area (Å²) in [5, 5.41) is 2.18. The van der Waals surface area contributed by atoms with Crippen LogP contribution in [-0.4, -0.2) is 0 Å². The highest BCUT2D eigenvalue weighted by molar-refractivity contribution is 7.10. The minimum absolute atomic E-state index is 0.0577. The van der Waals surface area contributed by atoms with Crippen LogP contribution in [-0.2, 0) is 5.54 Å². The van der Waals surface area contributed by atoms with E-state index in [-0.39, 0.29) is 5.54 Å². The monoisotopic (exact) mass is 237 g/mol. The van der Waals surface area contributed by atoms with Crippen LogP contribution in [0.15, 0.2) is 11.4 Å². The summed E-state index contributed by atoms with van der Waals surface area (Å²) in [5.74, 6) is 0. The molecule has 1 fully saturated rings. The molecular formula is C14H23NS. The van der Waals surface area contributed by atoms with E-state index in [1.54, 1.807) is 0 Å². The molecule has 1 unspecified atom stereocenters. The maximum Gasteiger partial charge on any atom is 0.0420 e. The van der Waals surface area contributed by atoms with E-state index in [4.69, 9.17) is 5.73 Å². The lowest BCUT2D eigenvalue weighted by atomic mass is 9.81. The zero-order valence-corrected chi connectivity index (χ0v) is 11.5. The zero-order valence-electron chi connectivity index (χ0n) is 10.7. The third kappa shape index (κ3) is 2.33. The average molecular weight is 237 g/mol. The molecule has 1 nitrogen and oxygen atoms in total. The largest absolute Gasteiger partial charge is 0.321 e. The van der Waals surface area contributed by atoms with Crippen LogP contribution in [0.5, 0.6) is 0 Å². The number of aryl methyl sites for hydroxylation is 1. The minimum Gasteiger partial charge on any atom is -0.321 e. The predicted molar refractivity (Wildman–Crippen MR) is 71.8 cm³/mol. The number of hydrogen-bond acceptors (Lipinski definition) is 2. The van der Waals surface area contributed by atoms with E-state index in [1.165, 1.54) is 29.7 Å². The van der Waals surface area contributed by atoms with E-state index in [2.05, 4.69) is 32.2 Å². The quantitative estimate of drug-likeness (QED) is 0.728. The van der Waals surface area contributed by atoms with Crippen LogP contribution in [0.2, 0.25) is 0 Å². The fourth-order valence-electron chi connectivity index (χ4n) is 2.86. The van der Waals surface area contributed by atoms with E-state index < -0.39 is 0 Å². The number of thiophene rings is 1. The van der Waals surface area contributed by atoms with Gasteiger partial charge in [0.15, 0.2) is 0 Å². The molecule has 0 amide bonds. The van der Waals surface area contributed by atoms with Crippen LogP contribution in [0.3, 0.4) is 0 Å². The second kappa shape index (κ2) is 4.15. The lowest BCUT2D eigenvalue weighted by molar-refractivity contribution is 0.299. The van der Waals surface area contributed by atoms with Crippen molar-refractivity contribution < 1.29 is 0 Å². The van der Waals surface area contributed by atoms with Crippen molar-refractivity contribution in [3.8, 4) is 0 Å². The van der Waals surface area contributed by atoms with Gasteiger partial charge >= 0.3 is 0 Å². The lowest BCUT2D eigenvalue weighted by Crippen LogP contribution is -2.36. The van der Waals surface area contributed by atoms with Crippen molar-refractivity contribution in [2.24, 2.45) is 11.1 Å². The number of nitrogens with two attached hydrogens (primary N) is 1. The Morgan fingerprint density at radius 2 is 1.94 bits per heavy atom. The van der Waals surface area contributed by atoms with Gasteiger partial charge in [-0.3, -0.25) is 0 Å². The summed E-state index contributed by atoms with van der Waals surface area (Å²) in [6.45, 7) is 6.95. The Hall–Kier alpha value is -0.340. The van der Waals surface area contributed by atoms with Gasteiger partial charge in [0.05, 0.1) is 0 Å². The highest BCUT2D eigenvalue weighted by atomic mass is 32.1. The Morgan fingerprint density at radius 3 is 2.56 bits per heavy atom. The predicted octanol–water partition coefficient (Wildman–Crippen LogP) is 4.20. The first-order valence-corrected chi connectivity index (χ1v) is 7.14. The highest BCUT2D eigenvalue weighted by Gasteiger charge is 2.34. The second-order valence-electron chi connectivity index (χ2n) is 6.06. The first-order chi connectivity index (χ1) is 7.43. The summed E-state index contributed by atoms with van der Waals surface area (Å²) in [6.07, 6.45) is 6.11. The molecular weight excluding hydrogens is 214 g/mol. The van der Waals surface area contributed by atoms with E-state index in [1.807, 2.05) is 11.3 Å².